The van der Waals surface area contributed by atoms with E-state index in [0.717, 1.165) is 18.2 Å². The van der Waals surface area contributed by atoms with E-state index in [1.807, 2.05) is 0 Å². The van der Waals surface area contributed by atoms with Crippen molar-refractivity contribution < 1.29 is 61.9 Å². The molecule has 0 aromatic rings. The molecule has 1 unspecified atom stereocenters. The Morgan fingerprint density at radius 2 is 1.02 bits per heavy atom. The molecule has 13 nitrogen and oxygen atoms in total. The van der Waals surface area contributed by atoms with Crippen LogP contribution in [-0.2, 0) is 61.9 Å². The Labute approximate surface area is 251 Å². The van der Waals surface area contributed by atoms with E-state index in [1.54, 1.807) is 6.92 Å². The van der Waals surface area contributed by atoms with E-state index < -0.39 is 60.2 Å². The Bertz CT molecular complexity index is 973. The van der Waals surface area contributed by atoms with E-state index in [4.69, 9.17) is 33.2 Å². The molecular formula is C30H42O13. The molecule has 0 radical (unpaired) electrons. The molecule has 1 fully saturated rings. The van der Waals surface area contributed by atoms with Crippen molar-refractivity contribution >= 4 is 35.8 Å². The molecule has 240 valence electrons. The largest absolute Gasteiger partial charge is 0.463 e. The topological polar surface area (TPSA) is 167 Å². The average molecular weight is 611 g/mol. The molecule has 1 saturated heterocycles. The maximum atomic E-state index is 12.6. The molecule has 0 amide bonds. The van der Waals surface area contributed by atoms with Crippen molar-refractivity contribution in [1.29, 1.82) is 0 Å². The van der Waals surface area contributed by atoms with Crippen molar-refractivity contribution in [2.24, 2.45) is 5.92 Å². The number of esters is 6. The molecule has 43 heavy (non-hydrogen) atoms. The molecule has 13 heteroatoms. The van der Waals surface area contributed by atoms with Gasteiger partial charge in [-0.05, 0) is 38.5 Å². The van der Waals surface area contributed by atoms with Crippen molar-refractivity contribution in [2.45, 2.75) is 83.2 Å². The molecule has 0 aliphatic carbocycles. The maximum Gasteiger partial charge on any atom is 0.330 e. The Kier molecular flexibility index (Phi) is 18.7. The summed E-state index contributed by atoms with van der Waals surface area (Å²) in [6.07, 6.45) is 2.72. The summed E-state index contributed by atoms with van der Waals surface area (Å²) in [7, 11) is 0. The van der Waals surface area contributed by atoms with Gasteiger partial charge in [0.2, 0.25) is 6.29 Å². The van der Waals surface area contributed by atoms with Crippen LogP contribution in [-0.4, -0.2) is 80.7 Å². The molecule has 0 saturated carbocycles. The molecule has 0 N–H and O–H groups in total. The summed E-state index contributed by atoms with van der Waals surface area (Å²) < 4.78 is 37.0. The molecule has 1 aliphatic rings. The Hall–Kier alpha value is -4.00. The van der Waals surface area contributed by atoms with Gasteiger partial charge in [0.15, 0.2) is 6.10 Å². The van der Waals surface area contributed by atoms with E-state index in [1.165, 1.54) is 0 Å². The van der Waals surface area contributed by atoms with Gasteiger partial charge in [-0.1, -0.05) is 26.7 Å². The van der Waals surface area contributed by atoms with Gasteiger partial charge in [0.1, 0.15) is 6.10 Å². The van der Waals surface area contributed by atoms with Crippen molar-refractivity contribution in [2.75, 3.05) is 26.4 Å². The molecule has 1 rings (SSSR count). The Morgan fingerprint density at radius 3 is 1.44 bits per heavy atom. The monoisotopic (exact) mass is 610 g/mol. The van der Waals surface area contributed by atoms with Crippen LogP contribution in [0.25, 0.3) is 0 Å². The Morgan fingerprint density at radius 1 is 0.628 bits per heavy atom. The highest BCUT2D eigenvalue weighted by Crippen LogP contribution is 2.28. The lowest BCUT2D eigenvalue weighted by Gasteiger charge is -2.39. The zero-order chi connectivity index (χ0) is 32.0. The lowest BCUT2D eigenvalue weighted by atomic mass is 9.96. The highest BCUT2D eigenvalue weighted by Gasteiger charge is 2.44. The zero-order valence-electron chi connectivity index (χ0n) is 24.7. The van der Waals surface area contributed by atoms with E-state index in [-0.39, 0.29) is 45.7 Å². The summed E-state index contributed by atoms with van der Waals surface area (Å²) >= 11 is 0. The van der Waals surface area contributed by atoms with Crippen LogP contribution in [0.15, 0.2) is 38.0 Å². The number of hydrogen-bond donors (Lipinski definition) is 0. The van der Waals surface area contributed by atoms with Gasteiger partial charge in [-0.15, -0.1) is 0 Å². The van der Waals surface area contributed by atoms with Gasteiger partial charge in [-0.25, -0.2) is 14.4 Å². The summed E-state index contributed by atoms with van der Waals surface area (Å²) in [6.45, 7) is 11.8. The minimum absolute atomic E-state index is 0.0146. The van der Waals surface area contributed by atoms with E-state index in [9.17, 15) is 28.8 Å². The normalized spacial score (nSPS) is 19.2. The summed E-state index contributed by atoms with van der Waals surface area (Å²) in [5.41, 5.74) is 0. The SMILES string of the molecule is C=CC(=O)OCCCCC(=O)OC1OC[C@@H](OC(=O)CCCCOC(=O)C=C)[C@H](OC(=O)CCCCOC(=O)C=C)[C@H]1C. The van der Waals surface area contributed by atoms with Crippen LogP contribution in [0.1, 0.15) is 64.7 Å². The van der Waals surface area contributed by atoms with Crippen LogP contribution in [0.4, 0.5) is 0 Å². The highest BCUT2D eigenvalue weighted by atomic mass is 16.7. The molecule has 0 spiro atoms. The summed E-state index contributed by atoms with van der Waals surface area (Å²) in [5.74, 6) is -4.03. The van der Waals surface area contributed by atoms with Crippen LogP contribution in [0, 0.1) is 5.92 Å². The lowest BCUT2D eigenvalue weighted by Crippen LogP contribution is -2.53. The molecule has 1 heterocycles. The minimum atomic E-state index is -1.06. The van der Waals surface area contributed by atoms with Gasteiger partial charge in [0.25, 0.3) is 0 Å². The number of ether oxygens (including phenoxy) is 7. The number of carbonyl (C=O) groups excluding carboxylic acids is 6. The van der Waals surface area contributed by atoms with Crippen molar-refractivity contribution in [3.8, 4) is 0 Å². The number of carbonyl (C=O) groups is 6. The molecule has 4 atom stereocenters. The fourth-order valence-electron chi connectivity index (χ4n) is 3.79. The van der Waals surface area contributed by atoms with Gasteiger partial charge in [0, 0.05) is 37.5 Å². The quantitative estimate of drug-likeness (QED) is 0.0806. The van der Waals surface area contributed by atoms with E-state index in [2.05, 4.69) is 19.7 Å². The van der Waals surface area contributed by atoms with Gasteiger partial charge in [-0.2, -0.15) is 0 Å². The molecular weight excluding hydrogens is 568 g/mol. The van der Waals surface area contributed by atoms with Crippen LogP contribution >= 0.6 is 0 Å². The second kappa shape index (κ2) is 21.7. The summed E-state index contributed by atoms with van der Waals surface area (Å²) in [4.78, 5) is 70.9. The summed E-state index contributed by atoms with van der Waals surface area (Å²) in [6, 6.07) is 0. The average Bonchev–Trinajstić information content (AvgIpc) is 2.99. The molecule has 1 aliphatic heterocycles. The fourth-order valence-corrected chi connectivity index (χ4v) is 3.79. The first-order valence-corrected chi connectivity index (χ1v) is 14.2. The first-order chi connectivity index (χ1) is 20.6. The van der Waals surface area contributed by atoms with Crippen LogP contribution in [0.3, 0.4) is 0 Å². The molecule has 0 bridgehead atoms. The third-order valence-electron chi connectivity index (χ3n) is 6.10. The van der Waals surface area contributed by atoms with Crippen LogP contribution in [0.5, 0.6) is 0 Å². The van der Waals surface area contributed by atoms with E-state index >= 15 is 0 Å². The third kappa shape index (κ3) is 16.3. The van der Waals surface area contributed by atoms with Gasteiger partial charge >= 0.3 is 35.8 Å². The van der Waals surface area contributed by atoms with Gasteiger partial charge in [0.05, 0.1) is 32.3 Å². The fraction of sp³-hybridized carbons (Fsp3) is 0.600. The predicted molar refractivity (Wildman–Crippen MR) is 150 cm³/mol. The number of hydrogen-bond acceptors (Lipinski definition) is 13. The standard InChI is InChI=1S/C30H42O13/c1-5-23(31)37-17-11-8-14-26(34)41-22-20-40-30(43-28(36)16-10-13-19-39-25(33)7-3)21(4)29(22)42-27(35)15-9-12-18-38-24(32)6-2/h5-7,21-22,29-30H,1-3,8-20H2,4H3/t21-,22-,29-,30?/m1/s1. The third-order valence-corrected chi connectivity index (χ3v) is 6.10. The van der Waals surface area contributed by atoms with Crippen molar-refractivity contribution in [1.82, 2.24) is 0 Å². The molecule has 0 aromatic carbocycles. The Balaban J connectivity index is 2.68. The highest BCUT2D eigenvalue weighted by molar-refractivity contribution is 5.81. The smallest absolute Gasteiger partial charge is 0.330 e. The van der Waals surface area contributed by atoms with Gasteiger partial charge < -0.3 is 33.2 Å². The first kappa shape index (κ1) is 37.0. The second-order valence-corrected chi connectivity index (χ2v) is 9.52. The zero-order valence-corrected chi connectivity index (χ0v) is 24.7. The van der Waals surface area contributed by atoms with Crippen molar-refractivity contribution in [3.63, 3.8) is 0 Å². The molecule has 0 aromatic heterocycles. The number of unbranched alkanes of at least 4 members (excludes halogenated alkanes) is 3. The predicted octanol–water partition coefficient (Wildman–Crippen LogP) is 3.04. The maximum absolute atomic E-state index is 12.6. The van der Waals surface area contributed by atoms with Crippen LogP contribution in [0.2, 0.25) is 0 Å². The lowest BCUT2D eigenvalue weighted by molar-refractivity contribution is -0.252. The minimum Gasteiger partial charge on any atom is -0.463 e. The van der Waals surface area contributed by atoms with E-state index in [0.29, 0.717) is 38.5 Å². The van der Waals surface area contributed by atoms with Crippen LogP contribution < -0.4 is 0 Å². The van der Waals surface area contributed by atoms with Gasteiger partial charge in [-0.3, -0.25) is 14.4 Å². The summed E-state index contributed by atoms with van der Waals surface area (Å²) in [5, 5.41) is 0. The van der Waals surface area contributed by atoms with Crippen molar-refractivity contribution in [3.05, 3.63) is 38.0 Å². The second-order valence-electron chi connectivity index (χ2n) is 9.52. The first-order valence-electron chi connectivity index (χ1n) is 14.2. The number of rotatable bonds is 21.